The van der Waals surface area contributed by atoms with Gasteiger partial charge in [0.1, 0.15) is 0 Å². The van der Waals surface area contributed by atoms with Crippen LogP contribution in [0.2, 0.25) is 0 Å². The molecule has 0 bridgehead atoms. The second kappa shape index (κ2) is 13.7. The van der Waals surface area contributed by atoms with E-state index in [1.807, 2.05) is 36.4 Å². The summed E-state index contributed by atoms with van der Waals surface area (Å²) in [5.74, 6) is 0.0329. The molecular formula is C27H21Li3O3. The average molecular weight is 414 g/mol. The average Bonchev–Trinajstić information content (AvgIpc) is 2.73. The van der Waals surface area contributed by atoms with Crippen molar-refractivity contribution < 1.29 is 71.9 Å². The SMILES string of the molecule is [Li+].[Li+].[Li+].[O-]c1ccc(Cc2cc(Cc3ccc([O-])cc3)cc(Cc3ccc([O-])cc3)c2)cc1. The van der Waals surface area contributed by atoms with Gasteiger partial charge in [0.25, 0.3) is 0 Å². The molecule has 0 saturated carbocycles. The van der Waals surface area contributed by atoms with Crippen molar-refractivity contribution in [2.75, 3.05) is 0 Å². The molecule has 0 heterocycles. The minimum Gasteiger partial charge on any atom is -0.872 e. The minimum absolute atomic E-state index is 0. The summed E-state index contributed by atoms with van der Waals surface area (Å²) < 4.78 is 0. The van der Waals surface area contributed by atoms with Gasteiger partial charge in [0.05, 0.1) is 0 Å². The molecule has 0 aliphatic carbocycles. The molecule has 0 atom stereocenters. The van der Waals surface area contributed by atoms with Gasteiger partial charge in [-0.25, -0.2) is 0 Å². The number of hydrogen-bond acceptors (Lipinski definition) is 3. The Morgan fingerprint density at radius 2 is 0.545 bits per heavy atom. The van der Waals surface area contributed by atoms with E-state index in [0.29, 0.717) is 0 Å². The second-order valence-electron chi connectivity index (χ2n) is 7.62. The molecule has 0 fully saturated rings. The molecule has 0 N–H and O–H groups in total. The van der Waals surface area contributed by atoms with E-state index < -0.39 is 0 Å². The maximum absolute atomic E-state index is 11.4. The first-order valence-electron chi connectivity index (χ1n) is 9.93. The molecule has 150 valence electrons. The van der Waals surface area contributed by atoms with E-state index in [9.17, 15) is 15.3 Å². The van der Waals surface area contributed by atoms with Crippen LogP contribution in [0, 0.1) is 0 Å². The van der Waals surface area contributed by atoms with Crippen molar-refractivity contribution in [3.05, 3.63) is 124 Å². The Morgan fingerprint density at radius 1 is 0.333 bits per heavy atom. The molecule has 4 rings (SSSR count). The van der Waals surface area contributed by atoms with E-state index in [4.69, 9.17) is 0 Å². The zero-order valence-corrected chi connectivity index (χ0v) is 19.5. The predicted octanol–water partition coefficient (Wildman–Crippen LogP) is -5.31. The minimum atomic E-state index is 0. The van der Waals surface area contributed by atoms with Crippen molar-refractivity contribution in [1.82, 2.24) is 0 Å². The number of rotatable bonds is 6. The third-order valence-electron chi connectivity index (χ3n) is 5.11. The fraction of sp³-hybridized carbons (Fsp3) is 0.111. The Balaban J connectivity index is 0.00000181. The van der Waals surface area contributed by atoms with Gasteiger partial charge in [-0.05, 0) is 52.6 Å². The maximum atomic E-state index is 11.4. The molecule has 4 aromatic carbocycles. The first kappa shape index (κ1) is 29.1. The molecule has 0 amide bonds. The van der Waals surface area contributed by atoms with Crippen LogP contribution >= 0.6 is 0 Å². The van der Waals surface area contributed by atoms with E-state index in [-0.39, 0.29) is 73.8 Å². The fourth-order valence-electron chi connectivity index (χ4n) is 3.67. The third-order valence-corrected chi connectivity index (χ3v) is 5.11. The topological polar surface area (TPSA) is 69.2 Å². The molecule has 0 aromatic heterocycles. The zero-order chi connectivity index (χ0) is 20.9. The summed E-state index contributed by atoms with van der Waals surface area (Å²) in [6.45, 7) is 0. The molecule has 0 radical (unpaired) electrons. The van der Waals surface area contributed by atoms with Crippen LogP contribution in [-0.2, 0) is 19.3 Å². The molecule has 0 saturated heterocycles. The van der Waals surface area contributed by atoms with Gasteiger partial charge in [-0.2, -0.15) is 0 Å². The zero-order valence-electron chi connectivity index (χ0n) is 19.5. The molecule has 0 aliphatic heterocycles. The predicted molar refractivity (Wildman–Crippen MR) is 113 cm³/mol. The standard InChI is InChI=1S/C27H24O3.3Li/c28-25-7-1-19(2-8-25)13-22-16-23(14-20-3-9-26(29)10-4-20)18-24(17-22)15-21-5-11-27(30)12-6-21;;;/h1-12,16-18,28-30H,13-15H2;;;/q;3*+1/p-3. The van der Waals surface area contributed by atoms with Gasteiger partial charge in [0.15, 0.2) is 0 Å². The van der Waals surface area contributed by atoms with E-state index in [0.717, 1.165) is 36.0 Å². The Bertz CT molecular complexity index is 968. The van der Waals surface area contributed by atoms with Gasteiger partial charge in [-0.3, -0.25) is 0 Å². The van der Waals surface area contributed by atoms with Crippen LogP contribution in [0.15, 0.2) is 91.0 Å². The van der Waals surface area contributed by atoms with Crippen LogP contribution in [0.3, 0.4) is 0 Å². The fourth-order valence-corrected chi connectivity index (χ4v) is 3.67. The van der Waals surface area contributed by atoms with Gasteiger partial charge in [-0.1, -0.05) is 91.0 Å². The molecule has 33 heavy (non-hydrogen) atoms. The summed E-state index contributed by atoms with van der Waals surface area (Å²) in [4.78, 5) is 0. The first-order chi connectivity index (χ1) is 14.5. The molecule has 0 unspecified atom stereocenters. The first-order valence-corrected chi connectivity index (χ1v) is 9.93. The molecule has 0 aliphatic rings. The van der Waals surface area contributed by atoms with E-state index in [1.54, 1.807) is 36.4 Å². The van der Waals surface area contributed by atoms with Crippen molar-refractivity contribution in [3.8, 4) is 17.2 Å². The quantitative estimate of drug-likeness (QED) is 0.296. The van der Waals surface area contributed by atoms with Crippen LogP contribution in [0.25, 0.3) is 0 Å². The Morgan fingerprint density at radius 3 is 0.758 bits per heavy atom. The van der Waals surface area contributed by atoms with E-state index >= 15 is 0 Å². The van der Waals surface area contributed by atoms with Crippen LogP contribution in [0.1, 0.15) is 33.4 Å². The van der Waals surface area contributed by atoms with Crippen molar-refractivity contribution >= 4 is 0 Å². The largest absolute Gasteiger partial charge is 1.00 e. The summed E-state index contributed by atoms with van der Waals surface area (Å²) in [6, 6.07) is 27.3. The smallest absolute Gasteiger partial charge is 0.872 e. The summed E-state index contributed by atoms with van der Waals surface area (Å²) in [6.07, 6.45) is 2.21. The van der Waals surface area contributed by atoms with Gasteiger partial charge in [0.2, 0.25) is 0 Å². The van der Waals surface area contributed by atoms with E-state index in [2.05, 4.69) is 18.2 Å². The normalized spacial score (nSPS) is 9.82. The summed E-state index contributed by atoms with van der Waals surface area (Å²) >= 11 is 0. The van der Waals surface area contributed by atoms with Crippen LogP contribution in [0.5, 0.6) is 17.2 Å². The van der Waals surface area contributed by atoms with Crippen molar-refractivity contribution in [2.45, 2.75) is 19.3 Å². The monoisotopic (exact) mass is 414 g/mol. The van der Waals surface area contributed by atoms with Gasteiger partial charge >= 0.3 is 56.6 Å². The van der Waals surface area contributed by atoms with Crippen molar-refractivity contribution in [2.24, 2.45) is 0 Å². The number of hydrogen-bond donors (Lipinski definition) is 0. The molecular weight excluding hydrogens is 393 g/mol. The Labute approximate surface area is 231 Å². The summed E-state index contributed by atoms with van der Waals surface area (Å²) in [5, 5.41) is 34.2. The van der Waals surface area contributed by atoms with Gasteiger partial charge in [-0.15, -0.1) is 17.2 Å². The molecule has 4 aromatic rings. The van der Waals surface area contributed by atoms with Crippen molar-refractivity contribution in [3.63, 3.8) is 0 Å². The molecule has 6 heteroatoms. The maximum Gasteiger partial charge on any atom is 1.00 e. The van der Waals surface area contributed by atoms with E-state index in [1.165, 1.54) is 16.7 Å². The van der Waals surface area contributed by atoms with Crippen LogP contribution < -0.4 is 71.9 Å². The van der Waals surface area contributed by atoms with Gasteiger partial charge < -0.3 is 15.3 Å². The molecule has 3 nitrogen and oxygen atoms in total. The Hall–Kier alpha value is -1.93. The second-order valence-corrected chi connectivity index (χ2v) is 7.62. The van der Waals surface area contributed by atoms with Crippen LogP contribution in [0.4, 0.5) is 0 Å². The molecule has 0 spiro atoms. The van der Waals surface area contributed by atoms with Crippen molar-refractivity contribution in [1.29, 1.82) is 0 Å². The summed E-state index contributed by atoms with van der Waals surface area (Å²) in [7, 11) is 0. The number of benzene rings is 4. The summed E-state index contributed by atoms with van der Waals surface area (Å²) in [5.41, 5.74) is 6.77. The third kappa shape index (κ3) is 8.74. The van der Waals surface area contributed by atoms with Crippen LogP contribution in [-0.4, -0.2) is 0 Å². The Kier molecular flexibility index (Phi) is 12.1. The van der Waals surface area contributed by atoms with Gasteiger partial charge in [0, 0.05) is 0 Å².